The van der Waals surface area contributed by atoms with Crippen LogP contribution in [0, 0.1) is 19.7 Å². The van der Waals surface area contributed by atoms with Crippen molar-refractivity contribution in [1.82, 2.24) is 19.7 Å². The molecule has 4 aromatic rings. The average molecular weight is 479 g/mol. The Morgan fingerprint density at radius 3 is 2.86 bits per heavy atom. The van der Waals surface area contributed by atoms with E-state index in [1.165, 1.54) is 6.07 Å². The quantitative estimate of drug-likeness (QED) is 0.382. The monoisotopic (exact) mass is 478 g/mol. The molecule has 0 unspecified atom stereocenters. The van der Waals surface area contributed by atoms with Gasteiger partial charge in [-0.2, -0.15) is 0 Å². The third-order valence-corrected chi connectivity index (χ3v) is 7.18. The van der Waals surface area contributed by atoms with Crippen LogP contribution in [0.1, 0.15) is 41.0 Å². The first-order valence-electron chi connectivity index (χ1n) is 12.0. The van der Waals surface area contributed by atoms with Gasteiger partial charge in [-0.05, 0) is 51.3 Å². The Labute approximate surface area is 201 Å². The molecule has 6 rings (SSSR count). The molecule has 1 saturated carbocycles. The minimum Gasteiger partial charge on any atom is -0.369 e. The highest BCUT2D eigenvalue weighted by Crippen LogP contribution is 2.38. The summed E-state index contributed by atoms with van der Waals surface area (Å²) in [5.74, 6) is -0.816. The summed E-state index contributed by atoms with van der Waals surface area (Å²) in [6, 6.07) is 7.36. The van der Waals surface area contributed by atoms with Crippen molar-refractivity contribution >= 4 is 33.8 Å². The molecule has 2 fully saturated rings. The molecule has 7 nitrogen and oxygen atoms in total. The standard InChI is InChI=1S/C26H28F2N6O/c1-15-9-20-22(33-8-5-17(12-33)32-26(14-27)6-7-26)4-3-19(23(20)29-15)25(35)31-18-10-21(28)24-30-16(2)11-34(24)13-18/h3-4,9-11,13,17,29,32H,5-8,12,14H2,1-2H3,(H,31,35)/t17-/m1/s1. The van der Waals surface area contributed by atoms with Crippen LogP contribution in [0.15, 0.2) is 36.7 Å². The number of benzene rings is 1. The molecule has 0 radical (unpaired) electrons. The molecule has 182 valence electrons. The summed E-state index contributed by atoms with van der Waals surface area (Å²) in [5.41, 5.74) is 4.21. The predicted molar refractivity (Wildman–Crippen MR) is 133 cm³/mol. The van der Waals surface area contributed by atoms with Crippen LogP contribution in [0.25, 0.3) is 16.6 Å². The number of carbonyl (C=O) groups is 1. The number of halogens is 2. The number of anilines is 2. The normalized spacial score (nSPS) is 19.1. The fraction of sp³-hybridized carbons (Fsp3) is 0.385. The van der Waals surface area contributed by atoms with E-state index in [0.717, 1.165) is 54.6 Å². The van der Waals surface area contributed by atoms with E-state index >= 15 is 0 Å². The minimum absolute atomic E-state index is 0.227. The summed E-state index contributed by atoms with van der Waals surface area (Å²) >= 11 is 0. The first-order valence-corrected chi connectivity index (χ1v) is 12.0. The van der Waals surface area contributed by atoms with E-state index in [-0.39, 0.29) is 29.8 Å². The Morgan fingerprint density at radius 1 is 1.26 bits per heavy atom. The highest BCUT2D eigenvalue weighted by atomic mass is 19.1. The van der Waals surface area contributed by atoms with E-state index in [4.69, 9.17) is 0 Å². The molecule has 1 atom stereocenters. The number of aryl methyl sites for hydroxylation is 2. The Morgan fingerprint density at radius 2 is 2.09 bits per heavy atom. The molecule has 1 amide bonds. The number of amides is 1. The lowest BCUT2D eigenvalue weighted by molar-refractivity contribution is 0.102. The van der Waals surface area contributed by atoms with Crippen LogP contribution in [0.5, 0.6) is 0 Å². The van der Waals surface area contributed by atoms with Crippen LogP contribution < -0.4 is 15.5 Å². The van der Waals surface area contributed by atoms with Gasteiger partial charge in [-0.1, -0.05) is 0 Å². The van der Waals surface area contributed by atoms with Crippen molar-refractivity contribution in [2.75, 3.05) is 30.0 Å². The van der Waals surface area contributed by atoms with Crippen LogP contribution in [0.4, 0.5) is 20.2 Å². The van der Waals surface area contributed by atoms with Crippen molar-refractivity contribution in [1.29, 1.82) is 0 Å². The molecule has 9 heteroatoms. The molecule has 2 aliphatic rings. The molecule has 1 saturated heterocycles. The van der Waals surface area contributed by atoms with Crippen LogP contribution in [0.3, 0.4) is 0 Å². The smallest absolute Gasteiger partial charge is 0.257 e. The third kappa shape index (κ3) is 3.93. The molecular weight excluding hydrogens is 450 g/mol. The molecule has 0 bridgehead atoms. The number of hydrogen-bond donors (Lipinski definition) is 3. The number of fused-ring (bicyclic) bond motifs is 2. The van der Waals surface area contributed by atoms with Gasteiger partial charge in [-0.15, -0.1) is 0 Å². The number of carbonyl (C=O) groups excluding carboxylic acids is 1. The zero-order valence-electron chi connectivity index (χ0n) is 19.8. The van der Waals surface area contributed by atoms with Crippen LogP contribution >= 0.6 is 0 Å². The molecule has 1 aliphatic carbocycles. The lowest BCUT2D eigenvalue weighted by Gasteiger charge is -2.23. The Bertz CT molecular complexity index is 1450. The first kappa shape index (κ1) is 22.0. The van der Waals surface area contributed by atoms with Gasteiger partial charge in [0.15, 0.2) is 11.5 Å². The third-order valence-electron chi connectivity index (χ3n) is 7.18. The molecule has 1 aromatic carbocycles. The van der Waals surface area contributed by atoms with Crippen molar-refractivity contribution < 1.29 is 13.6 Å². The summed E-state index contributed by atoms with van der Waals surface area (Å²) in [5, 5.41) is 7.32. The first-order chi connectivity index (χ1) is 16.8. The highest BCUT2D eigenvalue weighted by Gasteiger charge is 2.45. The van der Waals surface area contributed by atoms with E-state index in [2.05, 4.69) is 25.5 Å². The lowest BCUT2D eigenvalue weighted by Crippen LogP contribution is -2.43. The van der Waals surface area contributed by atoms with E-state index in [0.29, 0.717) is 16.9 Å². The van der Waals surface area contributed by atoms with Gasteiger partial charge in [0.25, 0.3) is 5.91 Å². The van der Waals surface area contributed by atoms with Crippen molar-refractivity contribution in [3.63, 3.8) is 0 Å². The number of H-pyrrole nitrogens is 1. The molecule has 3 N–H and O–H groups in total. The number of pyridine rings is 1. The SMILES string of the molecule is Cc1cn2cc(NC(=O)c3ccc(N4CC[C@@H](NC5(CF)CC5)C4)c4cc(C)[nH]c34)cc(F)c2n1. The van der Waals surface area contributed by atoms with E-state index in [9.17, 15) is 13.6 Å². The van der Waals surface area contributed by atoms with Crippen LogP contribution in [-0.4, -0.2) is 51.6 Å². The van der Waals surface area contributed by atoms with Crippen LogP contribution in [-0.2, 0) is 0 Å². The Hall–Kier alpha value is -3.46. The summed E-state index contributed by atoms with van der Waals surface area (Å²) in [6.45, 7) is 5.11. The zero-order valence-corrected chi connectivity index (χ0v) is 19.8. The van der Waals surface area contributed by atoms with Crippen LogP contribution in [0.2, 0.25) is 0 Å². The number of hydrogen-bond acceptors (Lipinski definition) is 4. The van der Waals surface area contributed by atoms with Crippen molar-refractivity contribution in [3.8, 4) is 0 Å². The van der Waals surface area contributed by atoms with Gasteiger partial charge in [-0.3, -0.25) is 4.79 Å². The molecule has 1 aliphatic heterocycles. The minimum atomic E-state index is -0.495. The van der Waals surface area contributed by atoms with E-state index in [1.807, 2.05) is 25.1 Å². The van der Waals surface area contributed by atoms with Gasteiger partial charge < -0.3 is 24.9 Å². The topological polar surface area (TPSA) is 77.5 Å². The molecule has 3 aromatic heterocycles. The number of imidazole rings is 1. The summed E-state index contributed by atoms with van der Waals surface area (Å²) in [6.07, 6.45) is 6.14. The summed E-state index contributed by atoms with van der Waals surface area (Å²) in [4.78, 5) is 23.0. The van der Waals surface area contributed by atoms with E-state index in [1.54, 1.807) is 23.7 Å². The maximum absolute atomic E-state index is 14.5. The predicted octanol–water partition coefficient (Wildman–Crippen LogP) is 4.49. The fourth-order valence-corrected chi connectivity index (χ4v) is 5.25. The molecule has 35 heavy (non-hydrogen) atoms. The zero-order chi connectivity index (χ0) is 24.3. The second-order valence-electron chi connectivity index (χ2n) is 10.0. The lowest BCUT2D eigenvalue weighted by atomic mass is 10.1. The Kier molecular flexibility index (Phi) is 5.07. The highest BCUT2D eigenvalue weighted by molar-refractivity contribution is 6.14. The largest absolute Gasteiger partial charge is 0.369 e. The van der Waals surface area contributed by atoms with Gasteiger partial charge in [0, 0.05) is 59.9 Å². The fourth-order valence-electron chi connectivity index (χ4n) is 5.25. The number of nitrogens with one attached hydrogen (secondary N) is 3. The van der Waals surface area contributed by atoms with Crippen molar-refractivity contribution in [2.24, 2.45) is 0 Å². The van der Waals surface area contributed by atoms with Gasteiger partial charge in [0.1, 0.15) is 6.67 Å². The van der Waals surface area contributed by atoms with Gasteiger partial charge in [0.2, 0.25) is 0 Å². The van der Waals surface area contributed by atoms with Gasteiger partial charge >= 0.3 is 0 Å². The maximum Gasteiger partial charge on any atom is 0.257 e. The number of aromatic amines is 1. The second-order valence-corrected chi connectivity index (χ2v) is 10.0. The van der Waals surface area contributed by atoms with E-state index < -0.39 is 5.82 Å². The van der Waals surface area contributed by atoms with Crippen molar-refractivity contribution in [2.45, 2.75) is 44.7 Å². The summed E-state index contributed by atoms with van der Waals surface area (Å²) in [7, 11) is 0. The number of aromatic nitrogens is 3. The Balaban J connectivity index is 1.27. The van der Waals surface area contributed by atoms with Gasteiger partial charge in [0.05, 0.1) is 22.5 Å². The average Bonchev–Trinajstić information content (AvgIpc) is 3.10. The van der Waals surface area contributed by atoms with Crippen molar-refractivity contribution in [3.05, 3.63) is 59.4 Å². The second kappa shape index (κ2) is 8.05. The molecule has 0 spiro atoms. The number of rotatable bonds is 6. The molecule has 4 heterocycles. The van der Waals surface area contributed by atoms with Gasteiger partial charge in [-0.25, -0.2) is 13.8 Å². The number of alkyl halides is 1. The number of nitrogens with zero attached hydrogens (tertiary/aromatic N) is 3. The molecular formula is C26H28F2N6O. The summed E-state index contributed by atoms with van der Waals surface area (Å²) < 4.78 is 29.4. The maximum atomic E-state index is 14.5.